The summed E-state index contributed by atoms with van der Waals surface area (Å²) in [7, 11) is 1.89. The Kier molecular flexibility index (Phi) is 4.26. The number of hydrazine groups is 1. The van der Waals surface area contributed by atoms with Gasteiger partial charge in [0.2, 0.25) is 0 Å². The Hall–Kier alpha value is -2.45. The molecular formula is C15H12N4O2S2. The first-order valence-electron chi connectivity index (χ1n) is 6.66. The summed E-state index contributed by atoms with van der Waals surface area (Å²) >= 11 is 6.33. The van der Waals surface area contributed by atoms with Crippen molar-refractivity contribution in [1.82, 2.24) is 20.0 Å². The molecule has 0 radical (unpaired) electrons. The average molecular weight is 344 g/mol. The zero-order valence-corrected chi connectivity index (χ0v) is 13.7. The third kappa shape index (κ3) is 3.17. The minimum absolute atomic E-state index is 0.285. The first kappa shape index (κ1) is 15.4. The lowest BCUT2D eigenvalue weighted by molar-refractivity contribution is -0.123. The van der Waals surface area contributed by atoms with E-state index in [9.17, 15) is 9.59 Å². The van der Waals surface area contributed by atoms with E-state index in [1.54, 1.807) is 24.4 Å². The van der Waals surface area contributed by atoms with Gasteiger partial charge < -0.3 is 4.57 Å². The van der Waals surface area contributed by atoms with E-state index in [1.807, 2.05) is 29.9 Å². The Balaban J connectivity index is 1.78. The molecule has 1 saturated heterocycles. The highest BCUT2D eigenvalue weighted by Crippen LogP contribution is 2.31. The van der Waals surface area contributed by atoms with Gasteiger partial charge in [0, 0.05) is 31.3 Å². The zero-order chi connectivity index (χ0) is 16.4. The van der Waals surface area contributed by atoms with E-state index in [1.165, 1.54) is 6.20 Å². The zero-order valence-electron chi connectivity index (χ0n) is 12.1. The topological polar surface area (TPSA) is 67.2 Å². The number of carbonyl (C=O) groups excluding carboxylic acids is 2. The summed E-state index contributed by atoms with van der Waals surface area (Å²) in [4.78, 5) is 28.9. The molecule has 1 N–H and O–H groups in total. The lowest BCUT2D eigenvalue weighted by Gasteiger charge is -2.15. The van der Waals surface area contributed by atoms with Crippen molar-refractivity contribution in [3.8, 4) is 0 Å². The average Bonchev–Trinajstić information content (AvgIpc) is 3.07. The molecule has 2 aromatic rings. The second-order valence-electron chi connectivity index (χ2n) is 4.74. The molecular weight excluding hydrogens is 332 g/mol. The van der Waals surface area contributed by atoms with Crippen LogP contribution in [0.15, 0.2) is 47.8 Å². The SMILES string of the molecule is Cn1cccc1/C=C1/SC(=S)N(NC(=O)c2cccnc2)C1=O. The van der Waals surface area contributed by atoms with Crippen molar-refractivity contribution < 1.29 is 9.59 Å². The number of nitrogens with zero attached hydrogens (tertiary/aromatic N) is 3. The number of pyridine rings is 1. The second kappa shape index (κ2) is 6.35. The fourth-order valence-corrected chi connectivity index (χ4v) is 3.15. The molecule has 3 rings (SSSR count). The van der Waals surface area contributed by atoms with Crippen LogP contribution >= 0.6 is 24.0 Å². The maximum atomic E-state index is 12.4. The van der Waals surface area contributed by atoms with Crippen LogP contribution in [0.1, 0.15) is 16.1 Å². The van der Waals surface area contributed by atoms with Gasteiger partial charge in [0.05, 0.1) is 10.5 Å². The van der Waals surface area contributed by atoms with Crippen molar-refractivity contribution in [1.29, 1.82) is 0 Å². The molecule has 0 spiro atoms. The smallest absolute Gasteiger partial charge is 0.285 e. The molecule has 8 heteroatoms. The highest BCUT2D eigenvalue weighted by atomic mass is 32.2. The third-order valence-corrected chi connectivity index (χ3v) is 4.50. The van der Waals surface area contributed by atoms with E-state index in [0.29, 0.717) is 10.5 Å². The number of rotatable bonds is 3. The molecule has 0 aliphatic carbocycles. The molecule has 1 aliphatic rings. The van der Waals surface area contributed by atoms with E-state index in [0.717, 1.165) is 22.5 Å². The minimum atomic E-state index is -0.436. The van der Waals surface area contributed by atoms with Crippen molar-refractivity contribution in [2.45, 2.75) is 0 Å². The number of amides is 2. The Morgan fingerprint density at radius 1 is 1.39 bits per heavy atom. The lowest BCUT2D eigenvalue weighted by Crippen LogP contribution is -2.44. The fraction of sp³-hybridized carbons (Fsp3) is 0.0667. The van der Waals surface area contributed by atoms with Gasteiger partial charge in [-0.1, -0.05) is 11.8 Å². The molecule has 2 amide bonds. The maximum absolute atomic E-state index is 12.4. The molecule has 1 fully saturated rings. The van der Waals surface area contributed by atoms with Crippen LogP contribution in [0.5, 0.6) is 0 Å². The number of hydrogen-bond donors (Lipinski definition) is 1. The number of carbonyl (C=O) groups is 2. The largest absolute Gasteiger partial charge is 0.351 e. The van der Waals surface area contributed by atoms with E-state index in [2.05, 4.69) is 10.4 Å². The summed E-state index contributed by atoms with van der Waals surface area (Å²) < 4.78 is 2.17. The molecule has 0 unspecified atom stereocenters. The molecule has 6 nitrogen and oxygen atoms in total. The monoisotopic (exact) mass is 344 g/mol. The van der Waals surface area contributed by atoms with Crippen LogP contribution in [0.4, 0.5) is 0 Å². The quantitative estimate of drug-likeness (QED) is 0.681. The number of nitrogens with one attached hydrogen (secondary N) is 1. The van der Waals surface area contributed by atoms with Crippen LogP contribution < -0.4 is 5.43 Å². The van der Waals surface area contributed by atoms with Crippen molar-refractivity contribution >= 4 is 46.2 Å². The van der Waals surface area contributed by atoms with Gasteiger partial charge >= 0.3 is 0 Å². The van der Waals surface area contributed by atoms with Crippen molar-refractivity contribution in [2.75, 3.05) is 0 Å². The third-order valence-electron chi connectivity index (χ3n) is 3.19. The first-order valence-corrected chi connectivity index (χ1v) is 7.89. The molecule has 0 bridgehead atoms. The summed E-state index contributed by atoms with van der Waals surface area (Å²) in [6.45, 7) is 0. The van der Waals surface area contributed by atoms with E-state index in [-0.39, 0.29) is 10.2 Å². The second-order valence-corrected chi connectivity index (χ2v) is 6.42. The predicted octanol–water partition coefficient (Wildman–Crippen LogP) is 1.97. The van der Waals surface area contributed by atoms with Gasteiger partial charge in [-0.15, -0.1) is 0 Å². The van der Waals surface area contributed by atoms with Crippen LogP contribution in [0.3, 0.4) is 0 Å². The van der Waals surface area contributed by atoms with Gasteiger partial charge in [0.25, 0.3) is 11.8 Å². The predicted molar refractivity (Wildman–Crippen MR) is 92.1 cm³/mol. The van der Waals surface area contributed by atoms with Crippen LogP contribution in [0, 0.1) is 0 Å². The highest BCUT2D eigenvalue weighted by molar-refractivity contribution is 8.26. The maximum Gasteiger partial charge on any atom is 0.285 e. The summed E-state index contributed by atoms with van der Waals surface area (Å²) in [5, 5.41) is 1.09. The van der Waals surface area contributed by atoms with Crippen LogP contribution in [0.25, 0.3) is 6.08 Å². The lowest BCUT2D eigenvalue weighted by atomic mass is 10.3. The molecule has 2 aromatic heterocycles. The van der Waals surface area contributed by atoms with Gasteiger partial charge in [-0.25, -0.2) is 0 Å². The number of aromatic nitrogens is 2. The summed E-state index contributed by atoms with van der Waals surface area (Å²) in [5.74, 6) is -0.784. The summed E-state index contributed by atoms with van der Waals surface area (Å²) in [5.41, 5.74) is 3.75. The van der Waals surface area contributed by atoms with E-state index >= 15 is 0 Å². The Labute approximate surface area is 142 Å². The first-order chi connectivity index (χ1) is 11.1. The van der Waals surface area contributed by atoms with Gasteiger partial charge in [0.15, 0.2) is 4.32 Å². The Morgan fingerprint density at radius 3 is 2.87 bits per heavy atom. The van der Waals surface area contributed by atoms with Gasteiger partial charge in [-0.2, -0.15) is 5.01 Å². The van der Waals surface area contributed by atoms with Gasteiger partial charge in [-0.05, 0) is 42.6 Å². The van der Waals surface area contributed by atoms with Crippen molar-refractivity contribution in [2.24, 2.45) is 7.05 Å². The van der Waals surface area contributed by atoms with Gasteiger partial charge in [0.1, 0.15) is 0 Å². The van der Waals surface area contributed by atoms with E-state index < -0.39 is 5.91 Å². The summed E-state index contributed by atoms with van der Waals surface area (Å²) in [6.07, 6.45) is 6.62. The Bertz CT molecular complexity index is 814. The normalized spacial score (nSPS) is 16.2. The standard InChI is InChI=1S/C15H12N4O2S2/c1-18-7-3-5-11(18)8-12-14(21)19(15(22)23-12)17-13(20)10-4-2-6-16-9-10/h2-9H,1H3,(H,17,20)/b12-8+. The number of thioether (sulfide) groups is 1. The number of thiocarbonyl (C=S) groups is 1. The summed E-state index contributed by atoms with van der Waals surface area (Å²) in [6, 6.07) is 7.03. The fourth-order valence-electron chi connectivity index (χ4n) is 1.99. The van der Waals surface area contributed by atoms with Crippen molar-refractivity contribution in [3.05, 3.63) is 59.0 Å². The van der Waals surface area contributed by atoms with Crippen LogP contribution in [-0.2, 0) is 11.8 Å². The minimum Gasteiger partial charge on any atom is -0.351 e. The molecule has 116 valence electrons. The molecule has 1 aliphatic heterocycles. The molecule has 3 heterocycles. The van der Waals surface area contributed by atoms with Crippen molar-refractivity contribution in [3.63, 3.8) is 0 Å². The number of hydrogen-bond acceptors (Lipinski definition) is 5. The molecule has 23 heavy (non-hydrogen) atoms. The highest BCUT2D eigenvalue weighted by Gasteiger charge is 2.33. The van der Waals surface area contributed by atoms with Gasteiger partial charge in [-0.3, -0.25) is 20.0 Å². The number of aryl methyl sites for hydroxylation is 1. The van der Waals surface area contributed by atoms with Crippen LogP contribution in [0.2, 0.25) is 0 Å². The molecule has 0 atom stereocenters. The molecule has 0 aromatic carbocycles. The molecule has 0 saturated carbocycles. The Morgan fingerprint density at radius 2 is 2.22 bits per heavy atom. The van der Waals surface area contributed by atoms with E-state index in [4.69, 9.17) is 12.2 Å². The van der Waals surface area contributed by atoms with Crippen LogP contribution in [-0.4, -0.2) is 30.7 Å².